The van der Waals surface area contributed by atoms with E-state index in [4.69, 9.17) is 0 Å². The Bertz CT molecular complexity index is 354. The van der Waals surface area contributed by atoms with Crippen LogP contribution >= 0.6 is 15.9 Å². The highest BCUT2D eigenvalue weighted by Gasteiger charge is 2.17. The third-order valence-electron chi connectivity index (χ3n) is 3.55. The van der Waals surface area contributed by atoms with Gasteiger partial charge in [0.1, 0.15) is 0 Å². The maximum Gasteiger partial charge on any atom is 0.0399 e. The van der Waals surface area contributed by atoms with E-state index in [1.165, 1.54) is 41.7 Å². The summed E-state index contributed by atoms with van der Waals surface area (Å²) < 4.78 is 1.19. The van der Waals surface area contributed by atoms with Gasteiger partial charge in [-0.05, 0) is 48.9 Å². The van der Waals surface area contributed by atoms with Gasteiger partial charge in [-0.2, -0.15) is 0 Å². The average Bonchev–Trinajstić information content (AvgIpc) is 2.30. The lowest BCUT2D eigenvalue weighted by Gasteiger charge is -2.33. The summed E-state index contributed by atoms with van der Waals surface area (Å²) in [5.41, 5.74) is 2.90. The van der Waals surface area contributed by atoms with E-state index in [0.717, 1.165) is 12.3 Å². The summed E-state index contributed by atoms with van der Waals surface area (Å²) in [5.74, 6) is 0.900. The second-order valence-electron chi connectivity index (χ2n) is 4.80. The Labute approximate surface area is 107 Å². The van der Waals surface area contributed by atoms with Crippen molar-refractivity contribution in [3.05, 3.63) is 28.2 Å². The molecule has 1 nitrogen and oxygen atoms in total. The molecule has 16 heavy (non-hydrogen) atoms. The zero-order chi connectivity index (χ0) is 11.5. The fourth-order valence-electron chi connectivity index (χ4n) is 2.40. The first-order chi connectivity index (χ1) is 7.70. The van der Waals surface area contributed by atoms with E-state index in [2.05, 4.69) is 52.9 Å². The zero-order valence-corrected chi connectivity index (χ0v) is 11.8. The van der Waals surface area contributed by atoms with E-state index in [1.54, 1.807) is 0 Å². The van der Waals surface area contributed by atoms with Crippen molar-refractivity contribution in [3.63, 3.8) is 0 Å². The average molecular weight is 282 g/mol. The molecule has 2 rings (SSSR count). The highest BCUT2D eigenvalue weighted by atomic mass is 79.9. The van der Waals surface area contributed by atoms with Crippen LogP contribution in [0, 0.1) is 5.92 Å². The Hall–Kier alpha value is -0.500. The number of nitrogens with zero attached hydrogens (tertiary/aromatic N) is 1. The van der Waals surface area contributed by atoms with E-state index in [1.807, 2.05) is 0 Å². The summed E-state index contributed by atoms with van der Waals surface area (Å²) in [4.78, 5) is 2.55. The Balaban J connectivity index is 2.19. The van der Waals surface area contributed by atoms with Crippen molar-refractivity contribution < 1.29 is 0 Å². The first-order valence-corrected chi connectivity index (χ1v) is 7.03. The molecule has 1 aromatic carbocycles. The van der Waals surface area contributed by atoms with Crippen molar-refractivity contribution in [1.82, 2.24) is 0 Å². The Morgan fingerprint density at radius 3 is 2.62 bits per heavy atom. The number of hydrogen-bond donors (Lipinski definition) is 0. The number of halogens is 1. The molecule has 1 aromatic rings. The van der Waals surface area contributed by atoms with Crippen LogP contribution in [0.15, 0.2) is 22.7 Å². The fraction of sp³-hybridized carbons (Fsp3) is 0.571. The molecular formula is C14H20BrN. The summed E-state index contributed by atoms with van der Waals surface area (Å²) in [5, 5.41) is 0. The molecule has 0 radical (unpaired) electrons. The van der Waals surface area contributed by atoms with Crippen molar-refractivity contribution in [1.29, 1.82) is 0 Å². The minimum Gasteiger partial charge on any atom is -0.371 e. The first-order valence-electron chi connectivity index (χ1n) is 6.24. The molecule has 0 saturated carbocycles. The lowest BCUT2D eigenvalue weighted by atomic mass is 9.98. The quantitative estimate of drug-likeness (QED) is 0.784. The number of benzene rings is 1. The number of rotatable bonds is 2. The largest absolute Gasteiger partial charge is 0.371 e. The van der Waals surface area contributed by atoms with E-state index in [9.17, 15) is 0 Å². The molecule has 0 aromatic heterocycles. The second kappa shape index (κ2) is 5.22. The molecular weight excluding hydrogens is 262 g/mol. The van der Waals surface area contributed by atoms with Crippen LogP contribution in [0.1, 0.15) is 32.3 Å². The minimum atomic E-state index is 0.900. The molecule has 1 aliphatic heterocycles. The number of anilines is 1. The van der Waals surface area contributed by atoms with Crippen molar-refractivity contribution in [2.75, 3.05) is 18.0 Å². The van der Waals surface area contributed by atoms with Gasteiger partial charge in [0, 0.05) is 23.2 Å². The number of piperidine rings is 1. The Kier molecular flexibility index (Phi) is 3.91. The standard InChI is InChI=1S/C14H20BrN/c1-3-12-10-13(15)4-5-14(12)16-8-6-11(2)7-9-16/h4-5,10-11H,3,6-9H2,1-2H3. The van der Waals surface area contributed by atoms with Crippen LogP contribution in [-0.4, -0.2) is 13.1 Å². The van der Waals surface area contributed by atoms with E-state index in [-0.39, 0.29) is 0 Å². The molecule has 1 saturated heterocycles. The molecule has 2 heteroatoms. The van der Waals surface area contributed by atoms with Crippen LogP contribution in [0.4, 0.5) is 5.69 Å². The monoisotopic (exact) mass is 281 g/mol. The van der Waals surface area contributed by atoms with Crippen LogP contribution in [0.25, 0.3) is 0 Å². The Morgan fingerprint density at radius 1 is 1.31 bits per heavy atom. The van der Waals surface area contributed by atoms with Crippen molar-refractivity contribution >= 4 is 21.6 Å². The van der Waals surface area contributed by atoms with Gasteiger partial charge in [-0.15, -0.1) is 0 Å². The Morgan fingerprint density at radius 2 is 2.00 bits per heavy atom. The topological polar surface area (TPSA) is 3.24 Å². The smallest absolute Gasteiger partial charge is 0.0399 e. The van der Waals surface area contributed by atoms with Crippen molar-refractivity contribution in [2.45, 2.75) is 33.1 Å². The summed E-state index contributed by atoms with van der Waals surface area (Å²) in [7, 11) is 0. The molecule has 0 N–H and O–H groups in total. The number of hydrogen-bond acceptors (Lipinski definition) is 1. The second-order valence-corrected chi connectivity index (χ2v) is 5.71. The molecule has 1 heterocycles. The molecule has 0 bridgehead atoms. The van der Waals surface area contributed by atoms with Gasteiger partial charge in [-0.25, -0.2) is 0 Å². The van der Waals surface area contributed by atoms with Gasteiger partial charge >= 0.3 is 0 Å². The maximum atomic E-state index is 3.55. The first kappa shape index (κ1) is 12.0. The molecule has 1 fully saturated rings. The lowest BCUT2D eigenvalue weighted by molar-refractivity contribution is 0.438. The van der Waals surface area contributed by atoms with Gasteiger partial charge in [0.25, 0.3) is 0 Å². The molecule has 0 atom stereocenters. The molecule has 0 aliphatic carbocycles. The molecule has 0 amide bonds. The maximum absolute atomic E-state index is 3.55. The van der Waals surface area contributed by atoms with Gasteiger partial charge in [0.2, 0.25) is 0 Å². The predicted molar refractivity (Wildman–Crippen MR) is 74.1 cm³/mol. The molecule has 0 spiro atoms. The molecule has 88 valence electrons. The van der Waals surface area contributed by atoms with E-state index in [0.29, 0.717) is 0 Å². The van der Waals surface area contributed by atoms with Crippen LogP contribution in [0.3, 0.4) is 0 Å². The normalized spacial score (nSPS) is 17.8. The summed E-state index contributed by atoms with van der Waals surface area (Å²) >= 11 is 3.55. The molecule has 0 unspecified atom stereocenters. The zero-order valence-electron chi connectivity index (χ0n) is 10.2. The van der Waals surface area contributed by atoms with Gasteiger partial charge in [-0.3, -0.25) is 0 Å². The van der Waals surface area contributed by atoms with Gasteiger partial charge in [-0.1, -0.05) is 29.8 Å². The van der Waals surface area contributed by atoms with Crippen molar-refractivity contribution in [3.8, 4) is 0 Å². The third-order valence-corrected chi connectivity index (χ3v) is 4.04. The van der Waals surface area contributed by atoms with Gasteiger partial charge < -0.3 is 4.90 Å². The summed E-state index contributed by atoms with van der Waals surface area (Å²) in [6, 6.07) is 6.68. The molecule has 1 aliphatic rings. The van der Waals surface area contributed by atoms with Crippen molar-refractivity contribution in [2.24, 2.45) is 5.92 Å². The SMILES string of the molecule is CCc1cc(Br)ccc1N1CCC(C)CC1. The predicted octanol–water partition coefficient (Wildman–Crippen LogP) is 4.25. The number of aryl methyl sites for hydroxylation is 1. The van der Waals surface area contributed by atoms with Gasteiger partial charge in [0.05, 0.1) is 0 Å². The van der Waals surface area contributed by atoms with Gasteiger partial charge in [0.15, 0.2) is 0 Å². The van der Waals surface area contributed by atoms with E-state index < -0.39 is 0 Å². The highest BCUT2D eigenvalue weighted by Crippen LogP contribution is 2.28. The summed E-state index contributed by atoms with van der Waals surface area (Å²) in [6.07, 6.45) is 3.78. The lowest BCUT2D eigenvalue weighted by Crippen LogP contribution is -2.33. The van der Waals surface area contributed by atoms with Crippen LogP contribution in [0.2, 0.25) is 0 Å². The van der Waals surface area contributed by atoms with E-state index >= 15 is 0 Å². The minimum absolute atomic E-state index is 0.900. The van der Waals surface area contributed by atoms with Crippen LogP contribution < -0.4 is 4.90 Å². The van der Waals surface area contributed by atoms with Crippen LogP contribution in [0.5, 0.6) is 0 Å². The third kappa shape index (κ3) is 2.60. The summed E-state index contributed by atoms with van der Waals surface area (Å²) in [6.45, 7) is 7.03. The highest BCUT2D eigenvalue weighted by molar-refractivity contribution is 9.10. The fourth-order valence-corrected chi connectivity index (χ4v) is 2.80. The van der Waals surface area contributed by atoms with Crippen LogP contribution in [-0.2, 0) is 6.42 Å².